The van der Waals surface area contributed by atoms with Crippen LogP contribution in [0, 0.1) is 0 Å². The van der Waals surface area contributed by atoms with Crippen molar-refractivity contribution in [3.63, 3.8) is 0 Å². The van der Waals surface area contributed by atoms with E-state index in [0.717, 1.165) is 17.1 Å². The zero-order chi connectivity index (χ0) is 31.4. The van der Waals surface area contributed by atoms with Crippen LogP contribution in [-0.4, -0.2) is 0 Å². The molecule has 47 heavy (non-hydrogen) atoms. The third kappa shape index (κ3) is 5.60. The molecule has 222 valence electrons. The van der Waals surface area contributed by atoms with Gasteiger partial charge in [0, 0.05) is 16.8 Å². The molecule has 0 heterocycles. The van der Waals surface area contributed by atoms with Crippen molar-refractivity contribution in [2.24, 2.45) is 0 Å². The molecular formula is C46H33N. The van der Waals surface area contributed by atoms with Crippen molar-refractivity contribution in [1.29, 1.82) is 0 Å². The lowest BCUT2D eigenvalue weighted by Gasteiger charge is -2.30. The summed E-state index contributed by atoms with van der Waals surface area (Å²) in [5.74, 6) is 0. The van der Waals surface area contributed by atoms with Crippen molar-refractivity contribution in [1.82, 2.24) is 0 Å². The minimum absolute atomic E-state index is 1.10. The van der Waals surface area contributed by atoms with Crippen molar-refractivity contribution in [3.8, 4) is 44.5 Å². The van der Waals surface area contributed by atoms with Crippen molar-refractivity contribution in [2.45, 2.75) is 0 Å². The van der Waals surface area contributed by atoms with Crippen LogP contribution in [0.15, 0.2) is 200 Å². The van der Waals surface area contributed by atoms with Crippen molar-refractivity contribution in [2.75, 3.05) is 4.90 Å². The number of fused-ring (bicyclic) bond motifs is 1. The van der Waals surface area contributed by atoms with E-state index in [4.69, 9.17) is 0 Å². The summed E-state index contributed by atoms with van der Waals surface area (Å²) >= 11 is 0. The highest BCUT2D eigenvalue weighted by Crippen LogP contribution is 2.45. The van der Waals surface area contributed by atoms with Gasteiger partial charge in [-0.3, -0.25) is 0 Å². The molecule has 0 N–H and O–H groups in total. The lowest BCUT2D eigenvalue weighted by molar-refractivity contribution is 1.28. The third-order valence-electron chi connectivity index (χ3n) is 8.88. The van der Waals surface area contributed by atoms with Crippen LogP contribution >= 0.6 is 0 Å². The topological polar surface area (TPSA) is 3.24 Å². The molecule has 1 heteroatoms. The highest BCUT2D eigenvalue weighted by atomic mass is 15.1. The van der Waals surface area contributed by atoms with Crippen LogP contribution in [0.4, 0.5) is 17.1 Å². The van der Waals surface area contributed by atoms with Crippen molar-refractivity contribution >= 4 is 27.8 Å². The molecule has 0 aliphatic carbocycles. The van der Waals surface area contributed by atoms with Crippen molar-refractivity contribution < 1.29 is 0 Å². The Morgan fingerprint density at radius 3 is 1.43 bits per heavy atom. The fourth-order valence-electron chi connectivity index (χ4n) is 6.61. The van der Waals surface area contributed by atoms with E-state index in [-0.39, 0.29) is 0 Å². The number of nitrogens with zero attached hydrogens (tertiary/aromatic N) is 1. The monoisotopic (exact) mass is 599 g/mol. The molecule has 0 atom stereocenters. The molecule has 0 fully saturated rings. The van der Waals surface area contributed by atoms with Gasteiger partial charge in [-0.2, -0.15) is 0 Å². The van der Waals surface area contributed by atoms with Crippen LogP contribution in [0.25, 0.3) is 55.3 Å². The number of hydrogen-bond donors (Lipinski definition) is 0. The largest absolute Gasteiger partial charge is 0.309 e. The van der Waals surface area contributed by atoms with Crippen LogP contribution in [0.2, 0.25) is 0 Å². The van der Waals surface area contributed by atoms with E-state index < -0.39 is 0 Å². The average Bonchev–Trinajstić information content (AvgIpc) is 3.16. The molecule has 0 saturated carbocycles. The molecule has 0 unspecified atom stereocenters. The number of rotatable bonds is 7. The summed E-state index contributed by atoms with van der Waals surface area (Å²) in [6, 6.07) is 71.8. The second-order valence-corrected chi connectivity index (χ2v) is 11.8. The van der Waals surface area contributed by atoms with Gasteiger partial charge in [-0.25, -0.2) is 0 Å². The highest BCUT2D eigenvalue weighted by molar-refractivity contribution is 5.99. The first kappa shape index (κ1) is 28.3. The quantitative estimate of drug-likeness (QED) is 0.176. The summed E-state index contributed by atoms with van der Waals surface area (Å²) in [4.78, 5) is 2.43. The highest BCUT2D eigenvalue weighted by Gasteiger charge is 2.21. The van der Waals surface area contributed by atoms with Gasteiger partial charge in [0.05, 0.1) is 11.4 Å². The van der Waals surface area contributed by atoms with E-state index in [1.165, 1.54) is 55.3 Å². The maximum Gasteiger partial charge on any atom is 0.0540 e. The summed E-state index contributed by atoms with van der Waals surface area (Å²) in [5, 5.41) is 2.49. The summed E-state index contributed by atoms with van der Waals surface area (Å²) in [6.07, 6.45) is 0. The van der Waals surface area contributed by atoms with Gasteiger partial charge in [0.15, 0.2) is 0 Å². The molecule has 0 bridgehead atoms. The van der Waals surface area contributed by atoms with Crippen LogP contribution < -0.4 is 4.90 Å². The molecule has 0 saturated heterocycles. The van der Waals surface area contributed by atoms with Gasteiger partial charge in [-0.15, -0.1) is 0 Å². The molecule has 8 rings (SSSR count). The summed E-state index contributed by atoms with van der Waals surface area (Å²) in [5.41, 5.74) is 12.9. The molecule has 0 radical (unpaired) electrons. The number of para-hydroxylation sites is 2. The Morgan fingerprint density at radius 2 is 0.723 bits per heavy atom. The molecule has 0 aliphatic rings. The predicted molar refractivity (Wildman–Crippen MR) is 200 cm³/mol. The maximum atomic E-state index is 2.43. The molecular weight excluding hydrogens is 567 g/mol. The molecule has 0 spiro atoms. The minimum Gasteiger partial charge on any atom is -0.309 e. The first-order chi connectivity index (χ1) is 23.3. The van der Waals surface area contributed by atoms with E-state index in [1.807, 2.05) is 0 Å². The SMILES string of the molecule is c1ccc(-c2ccc(-c3ccccc3N(c3cccc(-c4cccc5ccccc45)c3)c3ccccc3-c3ccccc3)cc2)cc1. The number of anilines is 3. The molecule has 0 aliphatic heterocycles. The van der Waals surface area contributed by atoms with Gasteiger partial charge in [0.25, 0.3) is 0 Å². The van der Waals surface area contributed by atoms with Crippen LogP contribution in [0.1, 0.15) is 0 Å². The normalized spacial score (nSPS) is 11.0. The Labute approximate surface area is 276 Å². The summed E-state index contributed by atoms with van der Waals surface area (Å²) in [6.45, 7) is 0. The minimum atomic E-state index is 1.10. The smallest absolute Gasteiger partial charge is 0.0540 e. The number of benzene rings is 8. The van der Waals surface area contributed by atoms with Crippen LogP contribution in [-0.2, 0) is 0 Å². The van der Waals surface area contributed by atoms with Crippen LogP contribution in [0.5, 0.6) is 0 Å². The lowest BCUT2D eigenvalue weighted by Crippen LogP contribution is -2.12. The molecule has 8 aromatic carbocycles. The van der Waals surface area contributed by atoms with Crippen molar-refractivity contribution in [3.05, 3.63) is 200 Å². The third-order valence-corrected chi connectivity index (χ3v) is 8.88. The van der Waals surface area contributed by atoms with E-state index in [1.54, 1.807) is 0 Å². The van der Waals surface area contributed by atoms with Gasteiger partial charge in [-0.1, -0.05) is 176 Å². The second kappa shape index (κ2) is 12.7. The van der Waals surface area contributed by atoms with E-state index in [9.17, 15) is 0 Å². The first-order valence-electron chi connectivity index (χ1n) is 16.1. The Morgan fingerprint density at radius 1 is 0.277 bits per heavy atom. The second-order valence-electron chi connectivity index (χ2n) is 11.8. The molecule has 1 nitrogen and oxygen atoms in total. The maximum absolute atomic E-state index is 2.43. The van der Waals surface area contributed by atoms with E-state index in [2.05, 4.69) is 205 Å². The van der Waals surface area contributed by atoms with Gasteiger partial charge in [0.1, 0.15) is 0 Å². The Balaban J connectivity index is 1.32. The van der Waals surface area contributed by atoms with Gasteiger partial charge >= 0.3 is 0 Å². The Kier molecular flexibility index (Phi) is 7.63. The Hall–Kier alpha value is -6.18. The lowest BCUT2D eigenvalue weighted by atomic mass is 9.96. The fraction of sp³-hybridized carbons (Fsp3) is 0. The van der Waals surface area contributed by atoms with Gasteiger partial charge < -0.3 is 4.90 Å². The van der Waals surface area contributed by atoms with E-state index in [0.29, 0.717) is 0 Å². The number of hydrogen-bond acceptors (Lipinski definition) is 1. The standard InChI is InChI=1S/C46H33N/c1-3-15-34(16-4-1)35-29-31-38(32-30-35)44-25-10-12-28-46(44)47(45-27-11-9-24-43(45)37-17-5-2-6-18-37)40-22-13-21-39(33-40)42-26-14-20-36-19-7-8-23-41(36)42/h1-33H. The summed E-state index contributed by atoms with van der Waals surface area (Å²) < 4.78 is 0. The van der Waals surface area contributed by atoms with Gasteiger partial charge in [0.2, 0.25) is 0 Å². The predicted octanol–water partition coefficient (Wildman–Crippen LogP) is 13.0. The Bertz CT molecular complexity index is 2280. The van der Waals surface area contributed by atoms with Gasteiger partial charge in [-0.05, 0) is 68.4 Å². The van der Waals surface area contributed by atoms with Crippen LogP contribution in [0.3, 0.4) is 0 Å². The average molecular weight is 600 g/mol. The first-order valence-corrected chi connectivity index (χ1v) is 16.1. The molecule has 8 aromatic rings. The molecule has 0 amide bonds. The zero-order valence-corrected chi connectivity index (χ0v) is 26.0. The van der Waals surface area contributed by atoms with E-state index >= 15 is 0 Å². The fourth-order valence-corrected chi connectivity index (χ4v) is 6.61. The summed E-state index contributed by atoms with van der Waals surface area (Å²) in [7, 11) is 0. The molecule has 0 aromatic heterocycles. The zero-order valence-electron chi connectivity index (χ0n) is 26.0.